The lowest BCUT2D eigenvalue weighted by Crippen LogP contribution is -2.07. The van der Waals surface area contributed by atoms with Gasteiger partial charge in [-0.15, -0.1) is 23.4 Å². The van der Waals surface area contributed by atoms with Crippen molar-refractivity contribution in [2.75, 3.05) is 0 Å². The van der Waals surface area contributed by atoms with E-state index in [-0.39, 0.29) is 4.75 Å². The molecule has 0 amide bonds. The summed E-state index contributed by atoms with van der Waals surface area (Å²) in [6.45, 7) is 6.55. The smallest absolute Gasteiger partial charge is 0.0687 e. The predicted octanol–water partition coefficient (Wildman–Crippen LogP) is 3.71. The van der Waals surface area contributed by atoms with E-state index in [4.69, 9.17) is 11.6 Å². The quantitative estimate of drug-likeness (QED) is 0.551. The fraction of sp³-hybridized carbons (Fsp3) is 0.500. The zero-order valence-electron chi connectivity index (χ0n) is 8.17. The van der Waals surface area contributed by atoms with Crippen LogP contribution in [0.25, 0.3) is 0 Å². The van der Waals surface area contributed by atoms with E-state index in [0.29, 0.717) is 5.88 Å². The van der Waals surface area contributed by atoms with Crippen molar-refractivity contribution < 1.29 is 0 Å². The molecule has 1 nitrogen and oxygen atoms in total. The molecule has 1 aromatic rings. The second kappa shape index (κ2) is 4.34. The number of aromatic nitrogens is 1. The normalized spacial score (nSPS) is 11.7. The highest BCUT2D eigenvalue weighted by Crippen LogP contribution is 2.33. The molecule has 0 aliphatic carbocycles. The molecule has 0 saturated heterocycles. The highest BCUT2D eigenvalue weighted by molar-refractivity contribution is 8.00. The minimum Gasteiger partial charge on any atom is -0.259 e. The van der Waals surface area contributed by atoms with Crippen molar-refractivity contribution in [2.45, 2.75) is 36.3 Å². The highest BCUT2D eigenvalue weighted by atomic mass is 35.5. The Morgan fingerprint density at radius 1 is 1.46 bits per heavy atom. The first-order valence-corrected chi connectivity index (χ1v) is 5.57. The first-order valence-electron chi connectivity index (χ1n) is 4.22. The van der Waals surface area contributed by atoms with Gasteiger partial charge in [-0.2, -0.15) is 0 Å². The number of alkyl halides is 1. The van der Waals surface area contributed by atoms with Crippen molar-refractivity contribution in [2.24, 2.45) is 0 Å². The molecule has 0 radical (unpaired) electrons. The number of hydrogen-bond donors (Lipinski definition) is 0. The molecule has 3 heteroatoms. The molecular weight excluding hydrogens is 202 g/mol. The molecule has 0 bridgehead atoms. The summed E-state index contributed by atoms with van der Waals surface area (Å²) in [5.74, 6) is 0.485. The van der Waals surface area contributed by atoms with Crippen LogP contribution in [0, 0.1) is 0 Å². The third-order valence-electron chi connectivity index (χ3n) is 1.39. The molecule has 0 aliphatic heterocycles. The van der Waals surface area contributed by atoms with Crippen LogP contribution in [0.4, 0.5) is 0 Å². The van der Waals surface area contributed by atoms with Gasteiger partial charge in [0.1, 0.15) is 0 Å². The maximum absolute atomic E-state index is 5.79. The van der Waals surface area contributed by atoms with Gasteiger partial charge in [0.2, 0.25) is 0 Å². The van der Waals surface area contributed by atoms with Gasteiger partial charge >= 0.3 is 0 Å². The van der Waals surface area contributed by atoms with Crippen LogP contribution < -0.4 is 0 Å². The van der Waals surface area contributed by atoms with Gasteiger partial charge in [0.05, 0.1) is 11.6 Å². The Hall–Kier alpha value is -0.210. The van der Waals surface area contributed by atoms with Gasteiger partial charge in [0.25, 0.3) is 0 Å². The van der Waals surface area contributed by atoms with E-state index in [1.165, 1.54) is 4.90 Å². The monoisotopic (exact) mass is 215 g/mol. The molecule has 1 heterocycles. The summed E-state index contributed by atoms with van der Waals surface area (Å²) in [5.41, 5.74) is 0.976. The van der Waals surface area contributed by atoms with Gasteiger partial charge in [-0.05, 0) is 12.1 Å². The van der Waals surface area contributed by atoms with E-state index in [0.717, 1.165) is 5.69 Å². The van der Waals surface area contributed by atoms with Crippen molar-refractivity contribution in [3.8, 4) is 0 Å². The summed E-state index contributed by atoms with van der Waals surface area (Å²) in [4.78, 5) is 5.41. The van der Waals surface area contributed by atoms with Gasteiger partial charge in [-0.1, -0.05) is 20.8 Å². The second-order valence-corrected chi connectivity index (χ2v) is 5.93. The van der Waals surface area contributed by atoms with Crippen LogP contribution in [-0.2, 0) is 5.88 Å². The fourth-order valence-corrected chi connectivity index (χ4v) is 2.29. The van der Waals surface area contributed by atoms with Crippen molar-refractivity contribution in [3.63, 3.8) is 0 Å². The van der Waals surface area contributed by atoms with E-state index in [2.05, 4.69) is 31.8 Å². The van der Waals surface area contributed by atoms with Gasteiger partial charge < -0.3 is 0 Å². The Balaban J connectivity index is 2.87. The maximum atomic E-state index is 5.79. The summed E-state index contributed by atoms with van der Waals surface area (Å²) < 4.78 is 0.212. The molecule has 0 aromatic carbocycles. The van der Waals surface area contributed by atoms with Gasteiger partial charge in [-0.25, -0.2) is 0 Å². The van der Waals surface area contributed by atoms with Crippen molar-refractivity contribution in [1.29, 1.82) is 0 Å². The molecular formula is C10H14ClNS. The van der Waals surface area contributed by atoms with Crippen molar-refractivity contribution in [3.05, 3.63) is 24.0 Å². The Morgan fingerprint density at radius 3 is 2.69 bits per heavy atom. The van der Waals surface area contributed by atoms with E-state index >= 15 is 0 Å². The van der Waals surface area contributed by atoms with Crippen LogP contribution in [0.2, 0.25) is 0 Å². The topological polar surface area (TPSA) is 12.9 Å². The third kappa shape index (κ3) is 3.57. The van der Waals surface area contributed by atoms with Gasteiger partial charge in [0.15, 0.2) is 0 Å². The molecule has 0 aliphatic rings. The molecule has 13 heavy (non-hydrogen) atoms. The van der Waals surface area contributed by atoms with Crippen molar-refractivity contribution >= 4 is 23.4 Å². The summed E-state index contributed by atoms with van der Waals surface area (Å²) >= 11 is 7.59. The van der Waals surface area contributed by atoms with Crippen LogP contribution in [0.1, 0.15) is 26.5 Å². The second-order valence-electron chi connectivity index (χ2n) is 3.80. The molecule has 0 spiro atoms. The molecule has 0 saturated carbocycles. The van der Waals surface area contributed by atoms with E-state index in [1.54, 1.807) is 18.0 Å². The minimum atomic E-state index is 0.212. The molecule has 1 rings (SSSR count). The zero-order valence-corrected chi connectivity index (χ0v) is 9.75. The number of hydrogen-bond acceptors (Lipinski definition) is 2. The molecule has 0 atom stereocenters. The van der Waals surface area contributed by atoms with E-state index < -0.39 is 0 Å². The number of thioether (sulfide) groups is 1. The summed E-state index contributed by atoms with van der Waals surface area (Å²) in [6.07, 6.45) is 1.78. The van der Waals surface area contributed by atoms with Crippen LogP contribution in [0.15, 0.2) is 23.2 Å². The zero-order chi connectivity index (χ0) is 9.90. The van der Waals surface area contributed by atoms with Crippen molar-refractivity contribution in [1.82, 2.24) is 4.98 Å². The van der Waals surface area contributed by atoms with Gasteiger partial charge in [-0.3, -0.25) is 4.98 Å². The SMILES string of the molecule is CC(C)(C)Sc1cccnc1CCl. The first-order chi connectivity index (χ1) is 6.03. The maximum Gasteiger partial charge on any atom is 0.0687 e. The number of rotatable bonds is 2. The number of pyridine rings is 1. The highest BCUT2D eigenvalue weighted by Gasteiger charge is 2.14. The standard InChI is InChI=1S/C10H14ClNS/c1-10(2,3)13-9-5-4-6-12-8(9)7-11/h4-6H,7H2,1-3H3. The third-order valence-corrected chi connectivity index (χ3v) is 2.85. The average Bonchev–Trinajstić information content (AvgIpc) is 2.02. The lowest BCUT2D eigenvalue weighted by Gasteiger charge is -2.18. The van der Waals surface area contributed by atoms with Gasteiger partial charge in [0, 0.05) is 15.8 Å². The summed E-state index contributed by atoms with van der Waals surface area (Å²) in [6, 6.07) is 4.02. The number of nitrogens with zero attached hydrogens (tertiary/aromatic N) is 1. The predicted molar refractivity (Wildman–Crippen MR) is 59.4 cm³/mol. The van der Waals surface area contributed by atoms with E-state index in [1.807, 2.05) is 6.07 Å². The van der Waals surface area contributed by atoms with Crippen LogP contribution >= 0.6 is 23.4 Å². The molecule has 0 unspecified atom stereocenters. The minimum absolute atomic E-state index is 0.212. The molecule has 1 aromatic heterocycles. The Bertz CT molecular complexity index is 280. The summed E-state index contributed by atoms with van der Waals surface area (Å²) in [5, 5.41) is 0. The van der Waals surface area contributed by atoms with Crippen LogP contribution in [0.3, 0.4) is 0 Å². The summed E-state index contributed by atoms with van der Waals surface area (Å²) in [7, 11) is 0. The fourth-order valence-electron chi connectivity index (χ4n) is 0.946. The Morgan fingerprint density at radius 2 is 2.15 bits per heavy atom. The van der Waals surface area contributed by atoms with Crippen LogP contribution in [-0.4, -0.2) is 9.73 Å². The molecule has 0 fully saturated rings. The van der Waals surface area contributed by atoms with Crippen LogP contribution in [0.5, 0.6) is 0 Å². The Labute approximate surface area is 88.9 Å². The lowest BCUT2D eigenvalue weighted by atomic mass is 10.3. The lowest BCUT2D eigenvalue weighted by molar-refractivity contribution is 0.801. The number of halogens is 1. The largest absolute Gasteiger partial charge is 0.259 e. The molecule has 0 N–H and O–H groups in total. The van der Waals surface area contributed by atoms with E-state index in [9.17, 15) is 0 Å². The first kappa shape index (κ1) is 10.9. The molecule has 72 valence electrons. The Kier molecular flexibility index (Phi) is 3.63. The average molecular weight is 216 g/mol.